The molecule has 0 aliphatic carbocycles. The Morgan fingerprint density at radius 2 is 2.20 bits per heavy atom. The summed E-state index contributed by atoms with van der Waals surface area (Å²) in [5.74, 6) is 0.511. The van der Waals surface area contributed by atoms with E-state index >= 15 is 0 Å². The van der Waals surface area contributed by atoms with E-state index < -0.39 is 20.2 Å². The number of aldehydes is 1. The quantitative estimate of drug-likeness (QED) is 0.275. The SMILES string of the molecule is CNC(=S)/C(C=O)=C\N(C=O)C1CCC(COP2(=O)OCc3cccc(C)c3O2)O1. The van der Waals surface area contributed by atoms with Crippen molar-refractivity contribution in [3.8, 4) is 5.75 Å². The summed E-state index contributed by atoms with van der Waals surface area (Å²) in [5, 5.41) is 2.69. The highest BCUT2D eigenvalue weighted by Gasteiger charge is 2.37. The van der Waals surface area contributed by atoms with Crippen LogP contribution < -0.4 is 9.84 Å². The molecule has 0 bridgehead atoms. The number of nitrogens with one attached hydrogen (secondary N) is 1. The van der Waals surface area contributed by atoms with Crippen LogP contribution in [0.15, 0.2) is 30.0 Å². The number of hydrogen-bond acceptors (Lipinski definition) is 8. The smallest absolute Gasteiger partial charge is 0.403 e. The molecular weight excluding hydrogens is 431 g/mol. The fraction of sp³-hybridized carbons (Fsp3) is 0.421. The van der Waals surface area contributed by atoms with Gasteiger partial charge in [-0.15, -0.1) is 0 Å². The zero-order valence-electron chi connectivity index (χ0n) is 16.6. The van der Waals surface area contributed by atoms with Crippen LogP contribution in [0.5, 0.6) is 5.75 Å². The number of fused-ring (bicyclic) bond motifs is 1. The summed E-state index contributed by atoms with van der Waals surface area (Å²) >= 11 is 5.03. The van der Waals surface area contributed by atoms with Crippen LogP contribution in [-0.4, -0.2) is 48.6 Å². The average Bonchev–Trinajstić information content (AvgIpc) is 3.22. The van der Waals surface area contributed by atoms with E-state index in [9.17, 15) is 14.2 Å². The fourth-order valence-corrected chi connectivity index (χ4v) is 4.55. The minimum atomic E-state index is -3.77. The normalized spacial score (nSPS) is 25.7. The Hall–Kier alpha value is -2.10. The average molecular weight is 454 g/mol. The molecule has 3 unspecified atom stereocenters. The van der Waals surface area contributed by atoms with E-state index in [0.29, 0.717) is 31.3 Å². The van der Waals surface area contributed by atoms with Crippen molar-refractivity contribution in [2.45, 2.75) is 38.7 Å². The highest BCUT2D eigenvalue weighted by Crippen LogP contribution is 2.55. The Kier molecular flexibility index (Phi) is 7.38. The highest BCUT2D eigenvalue weighted by molar-refractivity contribution is 7.80. The number of thiocarbonyl (C=S) groups is 1. The van der Waals surface area contributed by atoms with Gasteiger partial charge in [-0.1, -0.05) is 30.4 Å². The van der Waals surface area contributed by atoms with Gasteiger partial charge < -0.3 is 14.6 Å². The van der Waals surface area contributed by atoms with Crippen molar-refractivity contribution in [1.29, 1.82) is 0 Å². The van der Waals surface area contributed by atoms with Crippen LogP contribution in [0, 0.1) is 6.92 Å². The largest absolute Gasteiger partial charge is 0.530 e. The van der Waals surface area contributed by atoms with E-state index in [0.717, 1.165) is 11.1 Å². The summed E-state index contributed by atoms with van der Waals surface area (Å²) in [6, 6.07) is 5.57. The first kappa shape index (κ1) is 22.6. The van der Waals surface area contributed by atoms with Crippen molar-refractivity contribution in [1.82, 2.24) is 10.2 Å². The van der Waals surface area contributed by atoms with Gasteiger partial charge in [0.25, 0.3) is 0 Å². The minimum Gasteiger partial charge on any atom is -0.403 e. The number of phosphoric ester groups is 1. The number of rotatable bonds is 8. The van der Waals surface area contributed by atoms with Gasteiger partial charge in [-0.25, -0.2) is 4.57 Å². The number of likely N-dealkylation sites (N-methyl/N-ethyl adjacent to an activating group) is 1. The molecule has 0 radical (unpaired) electrons. The summed E-state index contributed by atoms with van der Waals surface area (Å²) in [6.07, 6.45) is 2.52. The lowest BCUT2D eigenvalue weighted by molar-refractivity contribution is -0.127. The van der Waals surface area contributed by atoms with E-state index in [1.165, 1.54) is 11.1 Å². The van der Waals surface area contributed by atoms with Crippen LogP contribution in [-0.2, 0) is 34.5 Å². The van der Waals surface area contributed by atoms with E-state index in [2.05, 4.69) is 5.32 Å². The molecule has 162 valence electrons. The molecule has 1 saturated heterocycles. The lowest BCUT2D eigenvalue weighted by Gasteiger charge is -2.27. The first-order valence-corrected chi connectivity index (χ1v) is 11.2. The summed E-state index contributed by atoms with van der Waals surface area (Å²) in [7, 11) is -2.18. The third-order valence-electron chi connectivity index (χ3n) is 4.74. The van der Waals surface area contributed by atoms with E-state index in [1.54, 1.807) is 7.05 Å². The number of carbonyl (C=O) groups is 2. The Morgan fingerprint density at radius 3 is 2.90 bits per heavy atom. The molecule has 1 aromatic carbocycles. The van der Waals surface area contributed by atoms with Crippen LogP contribution in [0.2, 0.25) is 0 Å². The molecule has 2 aliphatic rings. The second-order valence-corrected chi connectivity index (χ2v) is 8.80. The van der Waals surface area contributed by atoms with Gasteiger partial charge in [-0.05, 0) is 25.3 Å². The van der Waals surface area contributed by atoms with Crippen molar-refractivity contribution in [2.24, 2.45) is 0 Å². The summed E-state index contributed by atoms with van der Waals surface area (Å²) in [6.45, 7) is 1.96. The highest BCUT2D eigenvalue weighted by atomic mass is 32.1. The first-order chi connectivity index (χ1) is 14.4. The Balaban J connectivity index is 1.58. The van der Waals surface area contributed by atoms with Crippen LogP contribution in [0.1, 0.15) is 24.0 Å². The van der Waals surface area contributed by atoms with Gasteiger partial charge in [0.2, 0.25) is 6.41 Å². The first-order valence-electron chi connectivity index (χ1n) is 9.33. The predicted molar refractivity (Wildman–Crippen MR) is 112 cm³/mol. The topological polar surface area (TPSA) is 103 Å². The van der Waals surface area contributed by atoms with Crippen LogP contribution in [0.25, 0.3) is 0 Å². The van der Waals surface area contributed by atoms with Crippen molar-refractivity contribution >= 4 is 37.7 Å². The molecule has 0 spiro atoms. The van der Waals surface area contributed by atoms with Crippen LogP contribution in [0.3, 0.4) is 0 Å². The molecule has 11 heteroatoms. The molecule has 2 aliphatic heterocycles. The maximum absolute atomic E-state index is 12.8. The minimum absolute atomic E-state index is 0.0269. The third-order valence-corrected chi connectivity index (χ3v) is 6.49. The number of aryl methyl sites for hydroxylation is 1. The Labute approximate surface area is 179 Å². The number of phosphoric acid groups is 1. The molecule has 1 N–H and O–H groups in total. The standard InChI is InChI=1S/C19H23N2O7PS/c1-13-4-3-5-14-10-25-29(24,28-18(13)14)26-11-16-6-7-17(27-16)21(12-23)8-15(9-22)19(30)20-2/h3-5,8-9,12,16-17H,6-7,10-11H2,1-2H3,(H,20,30)/b15-8-. The summed E-state index contributed by atoms with van der Waals surface area (Å²) in [5.41, 5.74) is 1.81. The van der Waals surface area contributed by atoms with Crippen molar-refractivity contribution in [2.75, 3.05) is 13.7 Å². The van der Waals surface area contributed by atoms with Gasteiger partial charge >= 0.3 is 7.82 Å². The molecule has 1 amide bonds. The number of benzene rings is 1. The van der Waals surface area contributed by atoms with Gasteiger partial charge in [0, 0.05) is 18.8 Å². The van der Waals surface area contributed by atoms with Crippen molar-refractivity contribution in [3.63, 3.8) is 0 Å². The number of para-hydroxylation sites is 1. The zero-order valence-corrected chi connectivity index (χ0v) is 18.3. The lowest BCUT2D eigenvalue weighted by Crippen LogP contribution is -2.32. The Morgan fingerprint density at radius 1 is 1.40 bits per heavy atom. The molecule has 0 saturated carbocycles. The van der Waals surface area contributed by atoms with E-state index in [1.807, 2.05) is 25.1 Å². The van der Waals surface area contributed by atoms with Gasteiger partial charge in [0.15, 0.2) is 6.29 Å². The monoisotopic (exact) mass is 454 g/mol. The number of hydrogen-bond donors (Lipinski definition) is 1. The van der Waals surface area contributed by atoms with E-state index in [-0.39, 0.29) is 23.8 Å². The number of carbonyl (C=O) groups excluding carboxylic acids is 2. The van der Waals surface area contributed by atoms with Crippen LogP contribution >= 0.6 is 20.0 Å². The zero-order chi connectivity index (χ0) is 21.7. The molecule has 0 aromatic heterocycles. The fourth-order valence-electron chi connectivity index (χ4n) is 3.14. The van der Waals surface area contributed by atoms with Gasteiger partial charge in [-0.2, -0.15) is 0 Å². The second-order valence-electron chi connectivity index (χ2n) is 6.79. The molecule has 1 aromatic rings. The van der Waals surface area contributed by atoms with Gasteiger partial charge in [-0.3, -0.25) is 23.5 Å². The second kappa shape index (κ2) is 9.80. The van der Waals surface area contributed by atoms with Crippen LogP contribution in [0.4, 0.5) is 0 Å². The maximum atomic E-state index is 12.8. The predicted octanol–water partition coefficient (Wildman–Crippen LogP) is 2.62. The number of amides is 1. The lowest BCUT2D eigenvalue weighted by atomic mass is 10.1. The molecule has 2 heterocycles. The summed E-state index contributed by atoms with van der Waals surface area (Å²) < 4.78 is 34.9. The van der Waals surface area contributed by atoms with E-state index in [4.69, 9.17) is 30.5 Å². The Bertz CT molecular complexity index is 907. The van der Waals surface area contributed by atoms with Crippen molar-refractivity contribution in [3.05, 3.63) is 41.1 Å². The molecule has 30 heavy (non-hydrogen) atoms. The maximum Gasteiger partial charge on any atom is 0.530 e. The third kappa shape index (κ3) is 5.14. The molecule has 3 rings (SSSR count). The molecule has 9 nitrogen and oxygen atoms in total. The molecule has 3 atom stereocenters. The number of ether oxygens (including phenoxy) is 1. The molecule has 1 fully saturated rings. The molecular formula is C19H23N2O7PS. The summed E-state index contributed by atoms with van der Waals surface area (Å²) in [4.78, 5) is 24.1. The van der Waals surface area contributed by atoms with Gasteiger partial charge in [0.1, 0.15) is 17.0 Å². The van der Waals surface area contributed by atoms with Crippen molar-refractivity contribution < 1.29 is 32.5 Å². The van der Waals surface area contributed by atoms with Gasteiger partial charge in [0.05, 0.1) is 24.9 Å². The number of nitrogens with zero attached hydrogens (tertiary/aromatic N) is 1.